The summed E-state index contributed by atoms with van der Waals surface area (Å²) in [7, 11) is 6.32. The fourth-order valence-electron chi connectivity index (χ4n) is 2.54. The maximum Gasteiger partial charge on any atom is 0.410 e. The van der Waals surface area contributed by atoms with Crippen LogP contribution in [0.2, 0.25) is 0 Å². The molecule has 2 heterocycles. The molecule has 0 saturated carbocycles. The van der Waals surface area contributed by atoms with Gasteiger partial charge in [-0.15, -0.1) is 0 Å². The number of hydrogen-bond acceptors (Lipinski definition) is 8. The molecule has 2 amide bonds. The molecule has 12 heteroatoms. The van der Waals surface area contributed by atoms with Gasteiger partial charge in [0.15, 0.2) is 11.9 Å². The van der Waals surface area contributed by atoms with Gasteiger partial charge in [-0.1, -0.05) is 0 Å². The molecule has 0 unspecified atom stereocenters. The van der Waals surface area contributed by atoms with Crippen molar-refractivity contribution in [1.82, 2.24) is 23.9 Å². The van der Waals surface area contributed by atoms with E-state index in [-0.39, 0.29) is 18.8 Å². The second kappa shape index (κ2) is 11.0. The molecule has 0 aliphatic heterocycles. The van der Waals surface area contributed by atoms with Crippen molar-refractivity contribution in [2.75, 3.05) is 40.7 Å². The molecule has 0 aliphatic carbocycles. The molecule has 0 spiro atoms. The smallest absolute Gasteiger partial charge is 0.410 e. The summed E-state index contributed by atoms with van der Waals surface area (Å²) in [6, 6.07) is 1.76. The van der Waals surface area contributed by atoms with Crippen LogP contribution in [0.4, 0.5) is 9.59 Å². The zero-order chi connectivity index (χ0) is 23.1. The van der Waals surface area contributed by atoms with Crippen molar-refractivity contribution in [1.29, 1.82) is 0 Å². The zero-order valence-electron chi connectivity index (χ0n) is 18.7. The first kappa shape index (κ1) is 24.5. The Hall–Kier alpha value is -2.73. The minimum atomic E-state index is -0.518. The van der Waals surface area contributed by atoms with E-state index >= 15 is 0 Å². The van der Waals surface area contributed by atoms with Gasteiger partial charge in [0, 0.05) is 40.9 Å². The zero-order valence-corrected chi connectivity index (χ0v) is 19.5. The van der Waals surface area contributed by atoms with Crippen molar-refractivity contribution < 1.29 is 23.8 Å². The summed E-state index contributed by atoms with van der Waals surface area (Å²) in [4.78, 5) is 42.9. The van der Waals surface area contributed by atoms with Crippen molar-refractivity contribution in [2.45, 2.75) is 38.4 Å². The summed E-state index contributed by atoms with van der Waals surface area (Å²) in [6.07, 6.45) is 0.710. The predicted molar refractivity (Wildman–Crippen MR) is 116 cm³/mol. The molecular weight excluding hydrogens is 426 g/mol. The summed E-state index contributed by atoms with van der Waals surface area (Å²) < 4.78 is 19.4. The Balaban J connectivity index is 2.33. The van der Waals surface area contributed by atoms with E-state index < -0.39 is 17.7 Å². The van der Waals surface area contributed by atoms with Crippen molar-refractivity contribution >= 4 is 35.0 Å². The average molecular weight is 456 g/mol. The van der Waals surface area contributed by atoms with Crippen LogP contribution in [-0.2, 0) is 27.5 Å². The molecule has 31 heavy (non-hydrogen) atoms. The Morgan fingerprint density at radius 1 is 1.13 bits per heavy atom. The molecule has 0 aromatic carbocycles. The number of hydrogen-bond donors (Lipinski definition) is 0. The summed E-state index contributed by atoms with van der Waals surface area (Å²) in [5, 5.41) is 0.402. The molecule has 2 rings (SSSR count). The highest BCUT2D eigenvalue weighted by molar-refractivity contribution is 7.99. The fourth-order valence-corrected chi connectivity index (χ4v) is 3.30. The lowest BCUT2D eigenvalue weighted by molar-refractivity contribution is 0.0718. The molecule has 2 aromatic rings. The van der Waals surface area contributed by atoms with Crippen LogP contribution in [0.15, 0.2) is 22.2 Å². The number of nitrogens with zero attached hydrogens (tertiary/aromatic N) is 5. The molecular formula is C19H29N5O6S. The van der Waals surface area contributed by atoms with E-state index in [9.17, 15) is 14.4 Å². The van der Waals surface area contributed by atoms with E-state index in [1.165, 1.54) is 14.4 Å². The Morgan fingerprint density at radius 3 is 2.39 bits per heavy atom. The Kier molecular flexibility index (Phi) is 8.75. The maximum atomic E-state index is 12.7. The maximum absolute atomic E-state index is 12.7. The average Bonchev–Trinajstić information content (AvgIpc) is 3.12. The quantitative estimate of drug-likeness (QED) is 0.321. The highest BCUT2D eigenvalue weighted by Gasteiger charge is 2.17. The fraction of sp³-hybridized carbons (Fsp3) is 0.579. The van der Waals surface area contributed by atoms with Crippen molar-refractivity contribution in [3.63, 3.8) is 0 Å². The van der Waals surface area contributed by atoms with Gasteiger partial charge in [-0.05, 0) is 31.7 Å². The van der Waals surface area contributed by atoms with Crippen molar-refractivity contribution in [3.05, 3.63) is 22.6 Å². The highest BCUT2D eigenvalue weighted by atomic mass is 32.2. The van der Waals surface area contributed by atoms with Gasteiger partial charge in [-0.25, -0.2) is 9.59 Å². The molecule has 2 aromatic heterocycles. The van der Waals surface area contributed by atoms with E-state index in [4.69, 9.17) is 14.2 Å². The number of rotatable bonds is 9. The van der Waals surface area contributed by atoms with Crippen LogP contribution < -0.4 is 5.56 Å². The molecule has 0 bridgehead atoms. The Morgan fingerprint density at radius 2 is 1.77 bits per heavy atom. The molecule has 0 aliphatic rings. The van der Waals surface area contributed by atoms with Gasteiger partial charge in [0.1, 0.15) is 11.5 Å². The molecule has 0 radical (unpaired) electrons. The molecule has 0 fully saturated rings. The lowest BCUT2D eigenvalue weighted by atomic mass is 10.4. The first-order valence-corrected chi connectivity index (χ1v) is 10.6. The summed E-state index contributed by atoms with van der Waals surface area (Å²) in [5.74, 6) is 0.00114. The van der Waals surface area contributed by atoms with Crippen molar-refractivity contribution in [2.24, 2.45) is 0 Å². The number of fused-ring (bicyclic) bond motifs is 1. The lowest BCUT2D eigenvalue weighted by Crippen LogP contribution is -2.25. The number of thioether (sulfide) groups is 1. The van der Waals surface area contributed by atoms with Crippen LogP contribution in [-0.4, -0.2) is 82.9 Å². The first-order valence-electron chi connectivity index (χ1n) is 9.64. The molecule has 172 valence electrons. The van der Waals surface area contributed by atoms with Gasteiger partial charge in [0.2, 0.25) is 0 Å². The minimum absolute atomic E-state index is 0.00114. The minimum Gasteiger partial charge on any atom is -0.438 e. The Bertz CT molecular complexity index is 969. The van der Waals surface area contributed by atoms with E-state index in [0.717, 1.165) is 11.8 Å². The lowest BCUT2D eigenvalue weighted by Gasteiger charge is -2.16. The first-order chi connectivity index (χ1) is 14.6. The molecule has 0 atom stereocenters. The van der Waals surface area contributed by atoms with Crippen molar-refractivity contribution in [3.8, 4) is 0 Å². The number of aromatic nitrogens is 3. The second-order valence-electron chi connectivity index (χ2n) is 7.29. The van der Waals surface area contributed by atoms with E-state index in [2.05, 4.69) is 4.98 Å². The summed E-state index contributed by atoms with van der Waals surface area (Å²) >= 11 is 1.14. The van der Waals surface area contributed by atoms with Crippen LogP contribution in [0.1, 0.15) is 13.8 Å². The van der Waals surface area contributed by atoms with Gasteiger partial charge in [0.25, 0.3) is 5.56 Å². The van der Waals surface area contributed by atoms with Crippen LogP contribution >= 0.6 is 11.8 Å². The summed E-state index contributed by atoms with van der Waals surface area (Å²) in [5.41, 5.74) is 0.462. The SMILES string of the molecule is CC(C)OCCn1c(SCOC(=O)N(C)C)nc(=O)c2c1ccn2COC(=O)N(C)C. The second-order valence-corrected chi connectivity index (χ2v) is 8.18. The molecule has 0 N–H and O–H groups in total. The van der Waals surface area contributed by atoms with E-state index in [1.807, 2.05) is 18.4 Å². The number of carbonyl (C=O) groups excluding carboxylic acids is 2. The normalized spacial score (nSPS) is 11.1. The highest BCUT2D eigenvalue weighted by Crippen LogP contribution is 2.21. The summed E-state index contributed by atoms with van der Waals surface area (Å²) in [6.45, 7) is 4.60. The Labute approximate surface area is 184 Å². The van der Waals surface area contributed by atoms with Crippen LogP contribution in [0.3, 0.4) is 0 Å². The standard InChI is InChI=1S/C19H29N5O6S/c1-13(2)28-10-9-24-14-7-8-23(11-29-18(26)21(3)4)15(14)16(25)20-17(24)31-12-30-19(27)22(5)6/h7-8,13H,9-12H2,1-6H3. The molecule has 11 nitrogen and oxygen atoms in total. The number of carbonyl (C=O) groups is 2. The van der Waals surface area contributed by atoms with E-state index in [0.29, 0.717) is 29.3 Å². The van der Waals surface area contributed by atoms with Gasteiger partial charge in [0.05, 0.1) is 18.2 Å². The van der Waals surface area contributed by atoms with Gasteiger partial charge in [-0.3, -0.25) is 4.79 Å². The largest absolute Gasteiger partial charge is 0.438 e. The van der Waals surface area contributed by atoms with E-state index in [1.54, 1.807) is 40.5 Å². The van der Waals surface area contributed by atoms with Crippen LogP contribution in [0, 0.1) is 0 Å². The topological polar surface area (TPSA) is 108 Å². The third-order valence-electron chi connectivity index (χ3n) is 4.06. The van der Waals surface area contributed by atoms with Crippen LogP contribution in [0.25, 0.3) is 11.0 Å². The number of amides is 2. The monoisotopic (exact) mass is 455 g/mol. The third kappa shape index (κ3) is 6.62. The third-order valence-corrected chi connectivity index (χ3v) is 4.86. The molecule has 0 saturated heterocycles. The van der Waals surface area contributed by atoms with Crippen LogP contribution in [0.5, 0.6) is 0 Å². The van der Waals surface area contributed by atoms with Gasteiger partial charge < -0.3 is 33.1 Å². The van der Waals surface area contributed by atoms with Gasteiger partial charge in [-0.2, -0.15) is 4.98 Å². The number of ether oxygens (including phenoxy) is 3. The predicted octanol–water partition coefficient (Wildman–Crippen LogP) is 2.03. The van der Waals surface area contributed by atoms with Gasteiger partial charge >= 0.3 is 12.2 Å².